The van der Waals surface area contributed by atoms with Gasteiger partial charge in [0.25, 0.3) is 5.56 Å². The van der Waals surface area contributed by atoms with Crippen molar-refractivity contribution in [3.05, 3.63) is 43.8 Å². The van der Waals surface area contributed by atoms with Gasteiger partial charge >= 0.3 is 5.69 Å². The molecule has 2 fully saturated rings. The van der Waals surface area contributed by atoms with Crippen LogP contribution in [-0.2, 0) is 0 Å². The molecule has 9 heteroatoms. The lowest BCUT2D eigenvalue weighted by Gasteiger charge is -2.36. The van der Waals surface area contributed by atoms with Crippen molar-refractivity contribution in [3.8, 4) is 6.07 Å². The number of halogens is 1. The number of nitrogens with one attached hydrogen (secondary N) is 1. The van der Waals surface area contributed by atoms with Crippen molar-refractivity contribution in [2.45, 2.75) is 51.2 Å². The molecule has 1 saturated heterocycles. The first-order chi connectivity index (χ1) is 14.3. The maximum Gasteiger partial charge on any atom is 0.350 e. The molecular formula is C21H27FN6O2. The van der Waals surface area contributed by atoms with Gasteiger partial charge in [-0.1, -0.05) is 0 Å². The fraction of sp³-hybridized carbons (Fsp3) is 0.571. The number of nitrogen functional groups attached to an aromatic ring is 1. The van der Waals surface area contributed by atoms with E-state index in [0.29, 0.717) is 27.9 Å². The van der Waals surface area contributed by atoms with Crippen molar-refractivity contribution in [1.29, 1.82) is 5.26 Å². The highest BCUT2D eigenvalue weighted by atomic mass is 19.1. The lowest BCUT2D eigenvalue weighted by molar-refractivity contribution is 0.159. The monoisotopic (exact) mass is 414 g/mol. The number of rotatable bonds is 5. The highest BCUT2D eigenvalue weighted by molar-refractivity contribution is 5.83. The Kier molecular flexibility index (Phi) is 5.16. The zero-order valence-corrected chi connectivity index (χ0v) is 17.5. The second kappa shape index (κ2) is 7.52. The number of nitriles is 1. The number of hydrogen-bond donors (Lipinski definition) is 2. The number of nitrogens with zero attached hydrogens (tertiary/aromatic N) is 4. The van der Waals surface area contributed by atoms with Crippen LogP contribution in [-0.4, -0.2) is 40.3 Å². The van der Waals surface area contributed by atoms with Crippen molar-refractivity contribution in [2.24, 2.45) is 5.92 Å². The summed E-state index contributed by atoms with van der Waals surface area (Å²) in [4.78, 5) is 27.3. The smallest absolute Gasteiger partial charge is 0.332 e. The largest absolute Gasteiger partial charge is 0.350 e. The lowest BCUT2D eigenvalue weighted by Crippen LogP contribution is -2.45. The van der Waals surface area contributed by atoms with E-state index in [9.17, 15) is 14.9 Å². The minimum atomic E-state index is -0.696. The van der Waals surface area contributed by atoms with E-state index < -0.39 is 23.1 Å². The quantitative estimate of drug-likeness (QED) is 0.711. The first-order valence-electron chi connectivity index (χ1n) is 10.4. The molecule has 0 radical (unpaired) electrons. The number of aryl methyl sites for hydroxylation is 1. The molecule has 1 aromatic heterocycles. The summed E-state index contributed by atoms with van der Waals surface area (Å²) in [6, 6.07) is 2.63. The van der Waals surface area contributed by atoms with Gasteiger partial charge in [-0.15, -0.1) is 0 Å². The molecule has 0 bridgehead atoms. The third kappa shape index (κ3) is 3.11. The maximum atomic E-state index is 15.6. The van der Waals surface area contributed by atoms with Crippen LogP contribution in [0.15, 0.2) is 15.7 Å². The van der Waals surface area contributed by atoms with E-state index in [2.05, 4.69) is 11.4 Å². The summed E-state index contributed by atoms with van der Waals surface area (Å²) in [5.41, 5.74) is 0.204. The Hall–Kier alpha value is -2.70. The molecule has 1 aliphatic heterocycles. The second-order valence-corrected chi connectivity index (χ2v) is 8.52. The third-order valence-electron chi connectivity index (χ3n) is 6.63. The molecule has 2 heterocycles. The van der Waals surface area contributed by atoms with Crippen LogP contribution in [0, 0.1) is 30.0 Å². The first-order valence-corrected chi connectivity index (χ1v) is 10.4. The summed E-state index contributed by atoms with van der Waals surface area (Å²) in [6.07, 6.45) is 2.49. The summed E-state index contributed by atoms with van der Waals surface area (Å²) >= 11 is 0. The van der Waals surface area contributed by atoms with Gasteiger partial charge in [-0.25, -0.2) is 9.18 Å². The molecule has 3 N–H and O–H groups in total. The van der Waals surface area contributed by atoms with Crippen LogP contribution in [0.5, 0.6) is 0 Å². The Balaban J connectivity index is 2.04. The molecule has 3 unspecified atom stereocenters. The van der Waals surface area contributed by atoms with Crippen LogP contribution in [0.4, 0.5) is 4.39 Å². The zero-order valence-electron chi connectivity index (χ0n) is 17.5. The van der Waals surface area contributed by atoms with Gasteiger partial charge in [0.2, 0.25) is 0 Å². The highest BCUT2D eigenvalue weighted by Crippen LogP contribution is 2.41. The zero-order chi connectivity index (χ0) is 21.7. The van der Waals surface area contributed by atoms with Crippen LogP contribution in [0.2, 0.25) is 0 Å². The Labute approximate surface area is 173 Å². The van der Waals surface area contributed by atoms with Crippen molar-refractivity contribution in [3.63, 3.8) is 0 Å². The third-order valence-corrected chi connectivity index (χ3v) is 6.63. The van der Waals surface area contributed by atoms with Crippen LogP contribution in [0.25, 0.3) is 10.9 Å². The minimum Gasteiger partial charge on any atom is -0.332 e. The summed E-state index contributed by atoms with van der Waals surface area (Å²) in [6.45, 7) is 5.09. The average molecular weight is 414 g/mol. The van der Waals surface area contributed by atoms with Crippen LogP contribution in [0.1, 0.15) is 49.4 Å². The lowest BCUT2D eigenvalue weighted by atomic mass is 9.86. The molecule has 1 saturated carbocycles. The van der Waals surface area contributed by atoms with Gasteiger partial charge in [0, 0.05) is 17.6 Å². The summed E-state index contributed by atoms with van der Waals surface area (Å²) < 4.78 is 17.7. The van der Waals surface area contributed by atoms with Crippen LogP contribution < -0.4 is 22.4 Å². The molecule has 3 atom stereocenters. The molecule has 30 heavy (non-hydrogen) atoms. The molecule has 8 nitrogen and oxygen atoms in total. The Morgan fingerprint density at radius 1 is 1.37 bits per heavy atom. The van der Waals surface area contributed by atoms with E-state index in [1.807, 2.05) is 11.9 Å². The Morgan fingerprint density at radius 2 is 2.07 bits per heavy atom. The topological polar surface area (TPSA) is 109 Å². The van der Waals surface area contributed by atoms with Gasteiger partial charge in [0.1, 0.15) is 5.82 Å². The van der Waals surface area contributed by atoms with Crippen molar-refractivity contribution >= 4 is 10.9 Å². The van der Waals surface area contributed by atoms with E-state index in [1.54, 1.807) is 18.4 Å². The number of fused-ring (bicyclic) bond motifs is 1. The molecule has 4 rings (SSSR count). The van der Waals surface area contributed by atoms with E-state index in [1.165, 1.54) is 6.07 Å². The Bertz CT molecular complexity index is 1150. The van der Waals surface area contributed by atoms with E-state index in [0.717, 1.165) is 25.8 Å². The van der Waals surface area contributed by atoms with E-state index >= 15 is 4.39 Å². The fourth-order valence-electron chi connectivity index (χ4n) is 4.77. The number of hydrogen-bond acceptors (Lipinski definition) is 6. The standard InChI is InChI=1S/C21H27FN6O2/c1-11(9-23)26(3)19(13-6-7-25-10-13)17-12(2)18-15(8-16(17)22)20(29)28(24)21(30)27(18)14-4-5-14/h8,11,13-14,19,25H,4-7,10,24H2,1-3H3. The van der Waals surface area contributed by atoms with Gasteiger partial charge in [0.15, 0.2) is 0 Å². The molecule has 2 aromatic rings. The highest BCUT2D eigenvalue weighted by Gasteiger charge is 2.37. The predicted molar refractivity (Wildman–Crippen MR) is 112 cm³/mol. The molecule has 0 amide bonds. The molecule has 1 aromatic carbocycles. The van der Waals surface area contributed by atoms with Gasteiger partial charge in [0.05, 0.1) is 23.0 Å². The first kappa shape index (κ1) is 20.6. The second-order valence-electron chi connectivity index (χ2n) is 8.52. The van der Waals surface area contributed by atoms with Gasteiger partial charge in [-0.05, 0) is 70.8 Å². The minimum absolute atomic E-state index is 0.0326. The molecule has 2 aliphatic rings. The summed E-state index contributed by atoms with van der Waals surface area (Å²) in [5, 5.41) is 12.9. The van der Waals surface area contributed by atoms with Crippen LogP contribution >= 0.6 is 0 Å². The molecular weight excluding hydrogens is 387 g/mol. The van der Waals surface area contributed by atoms with Crippen LogP contribution in [0.3, 0.4) is 0 Å². The summed E-state index contributed by atoms with van der Waals surface area (Å²) in [7, 11) is 1.83. The number of nitrogens with two attached hydrogens (primary N) is 1. The van der Waals surface area contributed by atoms with E-state index in [-0.39, 0.29) is 23.4 Å². The number of benzene rings is 1. The SMILES string of the molecule is Cc1c(C(C2CCNC2)N(C)C(C)C#N)c(F)cc2c(=O)n(N)c(=O)n(C3CC3)c12. The predicted octanol–water partition coefficient (Wildman–Crippen LogP) is 1.15. The fourth-order valence-corrected chi connectivity index (χ4v) is 4.77. The molecule has 1 aliphatic carbocycles. The van der Waals surface area contributed by atoms with Gasteiger partial charge in [-0.3, -0.25) is 14.3 Å². The normalized spacial score (nSPS) is 21.1. The average Bonchev–Trinajstić information content (AvgIpc) is 3.42. The van der Waals surface area contributed by atoms with E-state index in [4.69, 9.17) is 5.84 Å². The van der Waals surface area contributed by atoms with Gasteiger partial charge < -0.3 is 11.2 Å². The molecule has 160 valence electrons. The van der Waals surface area contributed by atoms with Gasteiger partial charge in [-0.2, -0.15) is 9.94 Å². The number of aromatic nitrogens is 2. The van der Waals surface area contributed by atoms with Crippen molar-refractivity contribution in [2.75, 3.05) is 26.0 Å². The molecule has 0 spiro atoms. The van der Waals surface area contributed by atoms with Crippen molar-refractivity contribution in [1.82, 2.24) is 19.5 Å². The summed E-state index contributed by atoms with van der Waals surface area (Å²) in [5.74, 6) is 5.31. The maximum absolute atomic E-state index is 15.6. The van der Waals surface area contributed by atoms with Crippen molar-refractivity contribution < 1.29 is 4.39 Å². The Morgan fingerprint density at radius 3 is 2.63 bits per heavy atom.